The van der Waals surface area contributed by atoms with Gasteiger partial charge in [0.1, 0.15) is 13.3 Å². The number of halogens is 3. The highest BCUT2D eigenvalue weighted by atomic mass is 19.4. The normalized spacial score (nSPS) is 19.5. The molecule has 19 heavy (non-hydrogen) atoms. The number of aryl methyl sites for hydroxylation is 1. The molecule has 1 aliphatic carbocycles. The maximum Gasteiger partial charge on any atom is 0.411 e. The van der Waals surface area contributed by atoms with Gasteiger partial charge in [0.05, 0.1) is 0 Å². The van der Waals surface area contributed by atoms with E-state index >= 15 is 0 Å². The molecule has 0 spiro atoms. The Labute approximate surface area is 110 Å². The smallest absolute Gasteiger partial charge is 0.351 e. The molecule has 0 saturated carbocycles. The first-order valence-electron chi connectivity index (χ1n) is 6.56. The van der Waals surface area contributed by atoms with E-state index < -0.39 is 12.8 Å². The van der Waals surface area contributed by atoms with E-state index in [1.165, 1.54) is 11.1 Å². The lowest BCUT2D eigenvalue weighted by Gasteiger charge is -2.22. The molecule has 1 aromatic heterocycles. The lowest BCUT2D eigenvalue weighted by molar-refractivity contribution is -0.181. The molecule has 2 rings (SSSR count). The van der Waals surface area contributed by atoms with Crippen molar-refractivity contribution < 1.29 is 17.9 Å². The molecule has 0 aliphatic heterocycles. The lowest BCUT2D eigenvalue weighted by Crippen LogP contribution is -2.23. The first kappa shape index (κ1) is 14.4. The molecule has 1 heterocycles. The zero-order valence-corrected chi connectivity index (χ0v) is 11.0. The Hall–Kier alpha value is -1.01. The van der Waals surface area contributed by atoms with Gasteiger partial charge >= 0.3 is 6.18 Å². The van der Waals surface area contributed by atoms with E-state index in [-0.39, 0.29) is 6.73 Å². The number of nitrogens with one attached hydrogen (secondary N) is 1. The SMILES string of the molecule is CCNC1CCCc2cn(COCC(F)(F)F)cc21. The van der Waals surface area contributed by atoms with E-state index in [1.807, 2.05) is 12.4 Å². The summed E-state index contributed by atoms with van der Waals surface area (Å²) in [5.74, 6) is 0. The average Bonchev–Trinajstić information content (AvgIpc) is 2.71. The third-order valence-corrected chi connectivity index (χ3v) is 3.27. The van der Waals surface area contributed by atoms with Crippen molar-refractivity contribution in [1.29, 1.82) is 0 Å². The van der Waals surface area contributed by atoms with Gasteiger partial charge in [0, 0.05) is 18.4 Å². The first-order valence-corrected chi connectivity index (χ1v) is 6.56. The molecule has 0 bridgehead atoms. The molecule has 0 aromatic carbocycles. The van der Waals surface area contributed by atoms with Gasteiger partial charge in [0.25, 0.3) is 0 Å². The molecule has 1 atom stereocenters. The first-order chi connectivity index (χ1) is 8.99. The molecule has 3 nitrogen and oxygen atoms in total. The fourth-order valence-corrected chi connectivity index (χ4v) is 2.55. The summed E-state index contributed by atoms with van der Waals surface area (Å²) in [6.07, 6.45) is 2.71. The maximum atomic E-state index is 12.0. The van der Waals surface area contributed by atoms with Crippen LogP contribution in [0, 0.1) is 0 Å². The number of fused-ring (bicyclic) bond motifs is 1. The Balaban J connectivity index is 1.97. The second kappa shape index (κ2) is 5.96. The minimum atomic E-state index is -4.26. The quantitative estimate of drug-likeness (QED) is 0.894. The Bertz CT molecular complexity index is 415. The lowest BCUT2D eigenvalue weighted by atomic mass is 9.91. The number of alkyl halides is 3. The van der Waals surface area contributed by atoms with Gasteiger partial charge in [-0.2, -0.15) is 13.2 Å². The molecular weight excluding hydrogens is 257 g/mol. The monoisotopic (exact) mass is 276 g/mol. The van der Waals surface area contributed by atoms with Gasteiger partial charge in [-0.15, -0.1) is 0 Å². The average molecular weight is 276 g/mol. The summed E-state index contributed by atoms with van der Waals surface area (Å²) in [7, 11) is 0. The summed E-state index contributed by atoms with van der Waals surface area (Å²) in [6, 6.07) is 0.317. The van der Waals surface area contributed by atoms with Crippen molar-refractivity contribution >= 4 is 0 Å². The number of hydrogen-bond acceptors (Lipinski definition) is 2. The van der Waals surface area contributed by atoms with E-state index in [0.29, 0.717) is 6.04 Å². The summed E-state index contributed by atoms with van der Waals surface area (Å²) >= 11 is 0. The highest BCUT2D eigenvalue weighted by Crippen LogP contribution is 2.30. The molecule has 108 valence electrons. The van der Waals surface area contributed by atoms with Crippen LogP contribution in [-0.4, -0.2) is 23.9 Å². The van der Waals surface area contributed by atoms with Gasteiger partial charge in [-0.3, -0.25) is 0 Å². The summed E-state index contributed by atoms with van der Waals surface area (Å²) < 4.78 is 42.4. The molecule has 1 N–H and O–H groups in total. The van der Waals surface area contributed by atoms with Crippen LogP contribution in [-0.2, 0) is 17.9 Å². The summed E-state index contributed by atoms with van der Waals surface area (Å²) in [4.78, 5) is 0. The van der Waals surface area contributed by atoms with Gasteiger partial charge in [-0.25, -0.2) is 0 Å². The van der Waals surface area contributed by atoms with Crippen LogP contribution in [0.2, 0.25) is 0 Å². The Morgan fingerprint density at radius 2 is 2.21 bits per heavy atom. The fraction of sp³-hybridized carbons (Fsp3) is 0.692. The standard InChI is InChI=1S/C13H19F3N2O/c1-2-17-12-5-3-4-10-6-18(7-11(10)12)9-19-8-13(14,15)16/h6-7,12,17H,2-5,8-9H2,1H3. The zero-order chi connectivity index (χ0) is 13.9. The number of rotatable bonds is 5. The van der Waals surface area contributed by atoms with Crippen LogP contribution in [0.4, 0.5) is 13.2 Å². The molecule has 1 aliphatic rings. The molecule has 0 amide bonds. The van der Waals surface area contributed by atoms with E-state index in [4.69, 9.17) is 0 Å². The second-order valence-electron chi connectivity index (χ2n) is 4.85. The van der Waals surface area contributed by atoms with Crippen molar-refractivity contribution in [2.45, 2.75) is 45.1 Å². The summed E-state index contributed by atoms with van der Waals surface area (Å²) in [5.41, 5.74) is 2.41. The van der Waals surface area contributed by atoms with Crippen LogP contribution in [0.5, 0.6) is 0 Å². The van der Waals surface area contributed by atoms with Crippen molar-refractivity contribution in [3.8, 4) is 0 Å². The fourth-order valence-electron chi connectivity index (χ4n) is 2.55. The Morgan fingerprint density at radius 1 is 1.42 bits per heavy atom. The van der Waals surface area contributed by atoms with Gasteiger partial charge < -0.3 is 14.6 Å². The molecule has 0 radical (unpaired) electrons. The molecule has 0 fully saturated rings. The molecule has 1 aromatic rings. The van der Waals surface area contributed by atoms with Crippen LogP contribution >= 0.6 is 0 Å². The predicted octanol–water partition coefficient (Wildman–Crippen LogP) is 3.01. The van der Waals surface area contributed by atoms with Crippen LogP contribution in [0.3, 0.4) is 0 Å². The van der Waals surface area contributed by atoms with E-state index in [9.17, 15) is 13.2 Å². The predicted molar refractivity (Wildman–Crippen MR) is 65.8 cm³/mol. The molecule has 0 saturated heterocycles. The van der Waals surface area contributed by atoms with Crippen molar-refractivity contribution in [1.82, 2.24) is 9.88 Å². The Morgan fingerprint density at radius 3 is 2.89 bits per heavy atom. The third-order valence-electron chi connectivity index (χ3n) is 3.27. The van der Waals surface area contributed by atoms with Crippen LogP contribution in [0.25, 0.3) is 0 Å². The second-order valence-corrected chi connectivity index (χ2v) is 4.85. The largest absolute Gasteiger partial charge is 0.411 e. The van der Waals surface area contributed by atoms with E-state index in [2.05, 4.69) is 17.0 Å². The topological polar surface area (TPSA) is 26.2 Å². The van der Waals surface area contributed by atoms with Crippen LogP contribution in [0.1, 0.15) is 36.9 Å². The minimum absolute atomic E-state index is 0.0502. The van der Waals surface area contributed by atoms with Crippen molar-refractivity contribution in [2.75, 3.05) is 13.2 Å². The van der Waals surface area contributed by atoms with Crippen molar-refractivity contribution in [3.63, 3.8) is 0 Å². The van der Waals surface area contributed by atoms with Gasteiger partial charge in [-0.05, 0) is 36.9 Å². The van der Waals surface area contributed by atoms with E-state index in [1.54, 1.807) is 4.57 Å². The van der Waals surface area contributed by atoms with Gasteiger partial charge in [0.15, 0.2) is 0 Å². The zero-order valence-electron chi connectivity index (χ0n) is 11.0. The third kappa shape index (κ3) is 3.98. The number of nitrogens with zero attached hydrogens (tertiary/aromatic N) is 1. The maximum absolute atomic E-state index is 12.0. The summed E-state index contributed by atoms with van der Waals surface area (Å²) in [6.45, 7) is 1.69. The van der Waals surface area contributed by atoms with Gasteiger partial charge in [0.2, 0.25) is 0 Å². The number of hydrogen-bond donors (Lipinski definition) is 1. The van der Waals surface area contributed by atoms with Crippen LogP contribution < -0.4 is 5.32 Å². The molecular formula is C13H19F3N2O. The van der Waals surface area contributed by atoms with Crippen LogP contribution in [0.15, 0.2) is 12.4 Å². The molecule has 1 unspecified atom stereocenters. The highest BCUT2D eigenvalue weighted by molar-refractivity contribution is 5.30. The highest BCUT2D eigenvalue weighted by Gasteiger charge is 2.27. The van der Waals surface area contributed by atoms with Crippen molar-refractivity contribution in [3.05, 3.63) is 23.5 Å². The Kier molecular flexibility index (Phi) is 4.52. The van der Waals surface area contributed by atoms with Gasteiger partial charge in [-0.1, -0.05) is 6.92 Å². The number of aromatic nitrogens is 1. The number of ether oxygens (including phenoxy) is 1. The molecule has 6 heteroatoms. The van der Waals surface area contributed by atoms with E-state index in [0.717, 1.165) is 25.8 Å². The van der Waals surface area contributed by atoms with Crippen molar-refractivity contribution in [2.24, 2.45) is 0 Å². The summed E-state index contributed by atoms with van der Waals surface area (Å²) in [5, 5.41) is 3.40. The minimum Gasteiger partial charge on any atom is -0.351 e.